The van der Waals surface area contributed by atoms with Crippen LogP contribution in [-0.4, -0.2) is 35.4 Å². The zero-order chi connectivity index (χ0) is 25.6. The monoisotopic (exact) mass is 486 g/mol. The van der Waals surface area contributed by atoms with Gasteiger partial charge in [-0.3, -0.25) is 9.79 Å². The van der Waals surface area contributed by atoms with Gasteiger partial charge in [-0.2, -0.15) is 0 Å². The average molecular weight is 487 g/mol. The Kier molecular flexibility index (Phi) is 18.5. The average Bonchev–Trinajstić information content (AvgIpc) is 3.34. The molecule has 0 aliphatic heterocycles. The van der Waals surface area contributed by atoms with Crippen molar-refractivity contribution < 1.29 is 19.8 Å². The van der Waals surface area contributed by atoms with Gasteiger partial charge in [-0.15, -0.1) is 11.3 Å². The number of carboxylic acids is 1. The minimum atomic E-state index is -0.896. The van der Waals surface area contributed by atoms with Gasteiger partial charge in [-0.05, 0) is 61.4 Å². The molecular weight excluding hydrogens is 448 g/mol. The van der Waals surface area contributed by atoms with Gasteiger partial charge in [-0.1, -0.05) is 51.0 Å². The minimum absolute atomic E-state index is 0.250. The predicted octanol–water partition coefficient (Wildman–Crippen LogP) is 6.60. The summed E-state index contributed by atoms with van der Waals surface area (Å²) in [5.41, 5.74) is 3.69. The maximum Gasteiger partial charge on any atom is 0.335 e. The quantitative estimate of drug-likeness (QED) is 0.136. The van der Waals surface area contributed by atoms with E-state index in [1.807, 2.05) is 38.4 Å². The predicted molar refractivity (Wildman–Crippen MR) is 143 cm³/mol. The van der Waals surface area contributed by atoms with Crippen LogP contribution in [-0.2, 0) is 17.6 Å². The highest BCUT2D eigenvalue weighted by atomic mass is 32.1. The molecule has 0 spiro atoms. The van der Waals surface area contributed by atoms with Crippen molar-refractivity contribution in [3.05, 3.63) is 81.3 Å². The topological polar surface area (TPSA) is 99.0 Å². The second-order valence-corrected chi connectivity index (χ2v) is 8.12. The lowest BCUT2D eigenvalue weighted by Crippen LogP contribution is -2.16. The van der Waals surface area contributed by atoms with Crippen LogP contribution in [0.15, 0.2) is 70.3 Å². The van der Waals surface area contributed by atoms with Crippen LogP contribution in [0.25, 0.3) is 0 Å². The molecule has 2 aromatic rings. The van der Waals surface area contributed by atoms with Crippen molar-refractivity contribution >= 4 is 30.0 Å². The van der Waals surface area contributed by atoms with Crippen molar-refractivity contribution in [1.29, 1.82) is 0 Å². The SMILES string of the molecule is CC.CCCCC=N/C=C(/C=C(/C)Cc1cccs1)NCCc1ccc(C(=O)O)cc1.O=CO. The molecule has 0 saturated heterocycles. The summed E-state index contributed by atoms with van der Waals surface area (Å²) < 4.78 is 0. The molecule has 0 radical (unpaired) electrons. The van der Waals surface area contributed by atoms with Crippen molar-refractivity contribution in [2.24, 2.45) is 4.99 Å². The third-order valence-corrected chi connectivity index (χ3v) is 5.26. The Morgan fingerprint density at radius 2 is 1.85 bits per heavy atom. The Morgan fingerprint density at radius 3 is 2.41 bits per heavy atom. The maximum absolute atomic E-state index is 11.0. The molecule has 0 atom stereocenters. The van der Waals surface area contributed by atoms with Gasteiger partial charge in [0.05, 0.1) is 11.3 Å². The van der Waals surface area contributed by atoms with Gasteiger partial charge >= 0.3 is 5.97 Å². The molecule has 0 bridgehead atoms. The van der Waals surface area contributed by atoms with E-state index in [9.17, 15) is 4.79 Å². The first-order valence-corrected chi connectivity index (χ1v) is 12.4. The Labute approximate surface area is 207 Å². The second-order valence-electron chi connectivity index (χ2n) is 7.09. The van der Waals surface area contributed by atoms with E-state index in [0.29, 0.717) is 5.56 Å². The van der Waals surface area contributed by atoms with Crippen LogP contribution in [0.2, 0.25) is 0 Å². The van der Waals surface area contributed by atoms with Crippen LogP contribution in [0.3, 0.4) is 0 Å². The highest BCUT2D eigenvalue weighted by Crippen LogP contribution is 2.15. The lowest BCUT2D eigenvalue weighted by Gasteiger charge is -2.09. The number of benzene rings is 1. The summed E-state index contributed by atoms with van der Waals surface area (Å²) in [6.07, 6.45) is 11.1. The Bertz CT molecular complexity index is 886. The third kappa shape index (κ3) is 14.8. The number of hydrogen-bond acceptors (Lipinski definition) is 5. The molecule has 0 fully saturated rings. The van der Waals surface area contributed by atoms with Gasteiger partial charge in [0.1, 0.15) is 0 Å². The smallest absolute Gasteiger partial charge is 0.335 e. The van der Waals surface area contributed by atoms with Crippen LogP contribution in [0, 0.1) is 0 Å². The first-order chi connectivity index (χ1) is 16.5. The maximum atomic E-state index is 11.0. The molecule has 1 heterocycles. The van der Waals surface area contributed by atoms with Crippen LogP contribution < -0.4 is 5.32 Å². The van der Waals surface area contributed by atoms with E-state index in [1.165, 1.54) is 16.9 Å². The third-order valence-electron chi connectivity index (χ3n) is 4.38. The minimum Gasteiger partial charge on any atom is -0.483 e. The fraction of sp³-hybridized carbons (Fsp3) is 0.370. The van der Waals surface area contributed by atoms with E-state index in [1.54, 1.807) is 23.5 Å². The van der Waals surface area contributed by atoms with Crippen LogP contribution in [0.5, 0.6) is 0 Å². The first kappa shape index (κ1) is 30.8. The number of aromatic carboxylic acids is 1. The molecule has 0 amide bonds. The molecule has 1 aromatic carbocycles. The molecule has 0 unspecified atom stereocenters. The Balaban J connectivity index is 0.00000201. The van der Waals surface area contributed by atoms with Gasteiger partial charge in [0.2, 0.25) is 0 Å². The molecule has 186 valence electrons. The molecule has 0 aliphatic carbocycles. The lowest BCUT2D eigenvalue weighted by molar-refractivity contribution is -0.122. The summed E-state index contributed by atoms with van der Waals surface area (Å²) >= 11 is 1.77. The number of hydrogen-bond donors (Lipinski definition) is 3. The van der Waals surface area contributed by atoms with Crippen LogP contribution in [0.1, 0.15) is 67.8 Å². The molecular formula is C27H38N2O4S. The number of rotatable bonds is 12. The molecule has 0 aliphatic rings. The van der Waals surface area contributed by atoms with Crippen molar-refractivity contribution in [2.45, 2.75) is 59.8 Å². The number of allylic oxidation sites excluding steroid dienone is 2. The van der Waals surface area contributed by atoms with E-state index in [-0.39, 0.29) is 6.47 Å². The summed E-state index contributed by atoms with van der Waals surface area (Å²) in [5, 5.41) is 21.5. The van der Waals surface area contributed by atoms with Crippen molar-refractivity contribution in [3.63, 3.8) is 0 Å². The second kappa shape index (κ2) is 20.4. The Morgan fingerprint density at radius 1 is 1.18 bits per heavy atom. The summed E-state index contributed by atoms with van der Waals surface area (Å²) in [7, 11) is 0. The summed E-state index contributed by atoms with van der Waals surface area (Å²) in [6.45, 7) is 8.82. The van der Waals surface area contributed by atoms with Gasteiger partial charge in [-0.25, -0.2) is 4.79 Å². The fourth-order valence-electron chi connectivity index (χ4n) is 2.81. The van der Waals surface area contributed by atoms with Crippen molar-refractivity contribution in [1.82, 2.24) is 5.32 Å². The van der Waals surface area contributed by atoms with E-state index in [2.05, 4.69) is 47.7 Å². The summed E-state index contributed by atoms with van der Waals surface area (Å²) in [5.74, 6) is -0.896. The van der Waals surface area contributed by atoms with Gasteiger partial charge in [0, 0.05) is 30.3 Å². The van der Waals surface area contributed by atoms with E-state index >= 15 is 0 Å². The fourth-order valence-corrected chi connectivity index (χ4v) is 3.61. The number of unbranched alkanes of at least 4 members (excludes halogenated alkanes) is 2. The van der Waals surface area contributed by atoms with Gasteiger partial charge in [0.15, 0.2) is 0 Å². The van der Waals surface area contributed by atoms with E-state index < -0.39 is 5.97 Å². The van der Waals surface area contributed by atoms with Crippen LogP contribution >= 0.6 is 11.3 Å². The largest absolute Gasteiger partial charge is 0.483 e. The zero-order valence-electron chi connectivity index (χ0n) is 20.7. The number of nitrogens with zero attached hydrogens (tertiary/aromatic N) is 1. The number of carbonyl (C=O) groups is 2. The lowest BCUT2D eigenvalue weighted by atomic mass is 10.1. The summed E-state index contributed by atoms with van der Waals surface area (Å²) in [4.78, 5) is 25.1. The highest BCUT2D eigenvalue weighted by Gasteiger charge is 2.02. The highest BCUT2D eigenvalue weighted by molar-refractivity contribution is 7.09. The molecule has 6 nitrogen and oxygen atoms in total. The molecule has 3 N–H and O–H groups in total. The van der Waals surface area contributed by atoms with E-state index in [4.69, 9.17) is 15.0 Å². The number of aliphatic imine (C=N–C) groups is 1. The van der Waals surface area contributed by atoms with Gasteiger partial charge in [0.25, 0.3) is 6.47 Å². The molecule has 34 heavy (non-hydrogen) atoms. The van der Waals surface area contributed by atoms with Crippen LogP contribution in [0.4, 0.5) is 0 Å². The van der Waals surface area contributed by atoms with E-state index in [0.717, 1.165) is 43.5 Å². The first-order valence-electron chi connectivity index (χ1n) is 11.6. The number of nitrogens with one attached hydrogen (secondary N) is 1. The number of thiophene rings is 1. The normalized spacial score (nSPS) is 11.2. The summed E-state index contributed by atoms with van der Waals surface area (Å²) in [6, 6.07) is 11.3. The Hall–Kier alpha value is -3.19. The molecule has 0 saturated carbocycles. The van der Waals surface area contributed by atoms with Crippen molar-refractivity contribution in [2.75, 3.05) is 6.54 Å². The van der Waals surface area contributed by atoms with Crippen molar-refractivity contribution in [3.8, 4) is 0 Å². The van der Waals surface area contributed by atoms with Gasteiger partial charge < -0.3 is 15.5 Å². The standard InChI is InChI=1S/C24H30N2O2S.C2H6.CH2O2/c1-3-4-5-13-25-18-22(16-19(2)17-23-7-6-15-29-23)26-14-12-20-8-10-21(11-9-20)24(27)28;1-2;2-1-3/h6-11,13,15-16,18,26H,3-5,12,14,17H2,1-2H3,(H,27,28);1-2H3;1H,(H,2,3)/b19-16-,22-18-,25-13?;;. The molecule has 1 aromatic heterocycles. The zero-order valence-corrected chi connectivity index (χ0v) is 21.5. The number of carboxylic acid groups (broad SMARTS) is 2. The molecule has 2 rings (SSSR count). The molecule has 7 heteroatoms.